The molecule has 0 aliphatic heterocycles. The topological polar surface area (TPSA) is 95.1 Å². The maximum absolute atomic E-state index is 12.7. The van der Waals surface area contributed by atoms with E-state index in [1.807, 2.05) is 37.3 Å². The van der Waals surface area contributed by atoms with Gasteiger partial charge < -0.3 is 15.1 Å². The van der Waals surface area contributed by atoms with Crippen molar-refractivity contribution in [2.24, 2.45) is 0 Å². The monoisotopic (exact) mass is 431 g/mol. The van der Waals surface area contributed by atoms with Crippen molar-refractivity contribution in [1.29, 1.82) is 0 Å². The molecule has 27 heavy (non-hydrogen) atoms. The van der Waals surface area contributed by atoms with Gasteiger partial charge >= 0.3 is 6.09 Å². The molecule has 0 radical (unpaired) electrons. The van der Waals surface area contributed by atoms with Crippen LogP contribution in [0.5, 0.6) is 0 Å². The molecule has 1 aromatic carbocycles. The van der Waals surface area contributed by atoms with E-state index in [9.17, 15) is 9.59 Å². The maximum Gasteiger partial charge on any atom is 0.407 e. The van der Waals surface area contributed by atoms with E-state index in [2.05, 4.69) is 20.9 Å². The van der Waals surface area contributed by atoms with Gasteiger partial charge in [0.1, 0.15) is 5.65 Å². The Morgan fingerprint density at radius 3 is 2.81 bits per heavy atom. The molecule has 2 aromatic heterocycles. The van der Waals surface area contributed by atoms with E-state index in [1.165, 1.54) is 10.6 Å². The molecular weight excluding hydrogens is 414 g/mol. The molecule has 0 unspecified atom stereocenters. The number of aliphatic hydroxyl groups excluding tert-OH is 1. The van der Waals surface area contributed by atoms with Gasteiger partial charge in [0, 0.05) is 23.4 Å². The summed E-state index contributed by atoms with van der Waals surface area (Å²) >= 11 is 3.52. The number of hydrogen-bond acceptors (Lipinski definition) is 4. The number of amides is 1. The molecule has 2 N–H and O–H groups in total. The van der Waals surface area contributed by atoms with Gasteiger partial charge in [-0.3, -0.25) is 9.20 Å². The Morgan fingerprint density at radius 2 is 2.11 bits per heavy atom. The number of aliphatic hydroxyl groups is 1. The van der Waals surface area contributed by atoms with Gasteiger partial charge in [0.25, 0.3) is 5.56 Å². The summed E-state index contributed by atoms with van der Waals surface area (Å²) in [6.45, 7) is 1.49. The summed E-state index contributed by atoms with van der Waals surface area (Å²) in [5.41, 5.74) is 3.44. The number of hydrogen-bond donors (Lipinski definition) is 2. The molecule has 0 aliphatic carbocycles. The second-order valence-electron chi connectivity index (χ2n) is 6.07. The Labute approximate surface area is 163 Å². The van der Waals surface area contributed by atoms with Crippen LogP contribution in [0.15, 0.2) is 52.0 Å². The van der Waals surface area contributed by atoms with Crippen molar-refractivity contribution in [2.75, 3.05) is 13.2 Å². The Morgan fingerprint density at radius 1 is 1.33 bits per heavy atom. The Balaban J connectivity index is 2.02. The number of aromatic nitrogens is 2. The van der Waals surface area contributed by atoms with Crippen molar-refractivity contribution in [3.05, 3.63) is 68.7 Å². The summed E-state index contributed by atoms with van der Waals surface area (Å²) in [6.07, 6.45) is 1.83. The molecule has 8 heteroatoms. The first-order chi connectivity index (χ1) is 12.9. The number of pyridine rings is 1. The largest absolute Gasteiger partial charge is 0.465 e. The molecule has 0 bridgehead atoms. The molecule has 140 valence electrons. The van der Waals surface area contributed by atoms with Crippen molar-refractivity contribution in [3.63, 3.8) is 0 Å². The van der Waals surface area contributed by atoms with Gasteiger partial charge in [0.2, 0.25) is 0 Å². The fourth-order valence-electron chi connectivity index (χ4n) is 2.88. The number of fused-ring (bicyclic) bond motifs is 1. The molecule has 3 rings (SSSR count). The fourth-order valence-corrected chi connectivity index (χ4v) is 3.24. The van der Waals surface area contributed by atoms with Crippen LogP contribution < -0.4 is 5.56 Å². The van der Waals surface area contributed by atoms with E-state index in [-0.39, 0.29) is 30.8 Å². The second kappa shape index (κ2) is 7.89. The number of rotatable bonds is 5. The molecule has 0 atom stereocenters. The molecule has 0 spiro atoms. The first kappa shape index (κ1) is 19.1. The Kier molecular flexibility index (Phi) is 5.57. The lowest BCUT2D eigenvalue weighted by Crippen LogP contribution is -2.34. The van der Waals surface area contributed by atoms with Gasteiger partial charge in [-0.1, -0.05) is 28.1 Å². The van der Waals surface area contributed by atoms with Crippen molar-refractivity contribution in [2.45, 2.75) is 13.5 Å². The second-order valence-corrected chi connectivity index (χ2v) is 6.93. The smallest absolute Gasteiger partial charge is 0.407 e. The zero-order chi connectivity index (χ0) is 19.6. The number of carbonyl (C=O) groups is 1. The van der Waals surface area contributed by atoms with Gasteiger partial charge in [0.15, 0.2) is 0 Å². The first-order valence-corrected chi connectivity index (χ1v) is 9.06. The fraction of sp³-hybridized carbons (Fsp3) is 0.211. The third-order valence-electron chi connectivity index (χ3n) is 4.36. The Bertz CT molecular complexity index is 1060. The predicted octanol–water partition coefficient (Wildman–Crippen LogP) is 2.90. The van der Waals surface area contributed by atoms with E-state index in [1.54, 1.807) is 6.20 Å². The van der Waals surface area contributed by atoms with Crippen LogP contribution in [0.2, 0.25) is 0 Å². The van der Waals surface area contributed by atoms with E-state index in [4.69, 9.17) is 10.2 Å². The molecular formula is C19H18BrN3O4. The summed E-state index contributed by atoms with van der Waals surface area (Å²) in [5.74, 6) is 0. The van der Waals surface area contributed by atoms with Gasteiger partial charge in [-0.2, -0.15) is 0 Å². The average Bonchev–Trinajstić information content (AvgIpc) is 2.65. The van der Waals surface area contributed by atoms with E-state index >= 15 is 0 Å². The molecule has 3 aromatic rings. The van der Waals surface area contributed by atoms with Crippen LogP contribution in [0.1, 0.15) is 11.1 Å². The van der Waals surface area contributed by atoms with Crippen molar-refractivity contribution < 1.29 is 15.0 Å². The quantitative estimate of drug-likeness (QED) is 0.647. The van der Waals surface area contributed by atoms with E-state index in [0.29, 0.717) is 5.65 Å². The van der Waals surface area contributed by atoms with Crippen molar-refractivity contribution in [3.8, 4) is 11.1 Å². The van der Waals surface area contributed by atoms with Crippen molar-refractivity contribution >= 4 is 27.7 Å². The summed E-state index contributed by atoms with van der Waals surface area (Å²) in [4.78, 5) is 29.2. The van der Waals surface area contributed by atoms with Crippen LogP contribution in [0, 0.1) is 6.92 Å². The zero-order valence-corrected chi connectivity index (χ0v) is 16.2. The first-order valence-electron chi connectivity index (χ1n) is 8.27. The highest BCUT2D eigenvalue weighted by Gasteiger charge is 2.15. The van der Waals surface area contributed by atoms with E-state index < -0.39 is 6.09 Å². The average molecular weight is 432 g/mol. The molecule has 0 saturated heterocycles. The number of benzene rings is 1. The van der Waals surface area contributed by atoms with Crippen molar-refractivity contribution in [1.82, 2.24) is 14.3 Å². The van der Waals surface area contributed by atoms with Gasteiger partial charge in [-0.05, 0) is 41.8 Å². The third kappa shape index (κ3) is 3.86. The molecule has 7 nitrogen and oxygen atoms in total. The van der Waals surface area contributed by atoms with E-state index in [0.717, 1.165) is 26.1 Å². The van der Waals surface area contributed by atoms with Crippen LogP contribution in [0.4, 0.5) is 4.79 Å². The normalized spacial score (nSPS) is 10.9. The van der Waals surface area contributed by atoms with Crippen LogP contribution in [0.3, 0.4) is 0 Å². The van der Waals surface area contributed by atoms with Crippen LogP contribution in [-0.4, -0.2) is 43.7 Å². The van der Waals surface area contributed by atoms with Crippen LogP contribution in [-0.2, 0) is 6.54 Å². The summed E-state index contributed by atoms with van der Waals surface area (Å²) in [5, 5.41) is 18.1. The van der Waals surface area contributed by atoms with Gasteiger partial charge in [0.05, 0.1) is 18.7 Å². The predicted molar refractivity (Wildman–Crippen MR) is 105 cm³/mol. The van der Waals surface area contributed by atoms with Gasteiger partial charge in [-0.15, -0.1) is 0 Å². The van der Waals surface area contributed by atoms with Gasteiger partial charge in [-0.25, -0.2) is 9.78 Å². The molecule has 2 heterocycles. The summed E-state index contributed by atoms with van der Waals surface area (Å²) < 4.78 is 2.39. The lowest BCUT2D eigenvalue weighted by Gasteiger charge is -2.17. The lowest BCUT2D eigenvalue weighted by molar-refractivity contribution is 0.128. The molecule has 0 saturated carbocycles. The minimum atomic E-state index is -1.20. The lowest BCUT2D eigenvalue weighted by atomic mass is 10.0. The molecule has 1 amide bonds. The van der Waals surface area contributed by atoms with Crippen LogP contribution >= 0.6 is 15.9 Å². The summed E-state index contributed by atoms with van der Waals surface area (Å²) in [7, 11) is 0. The third-order valence-corrected chi connectivity index (χ3v) is 5.22. The SMILES string of the molecule is Cc1c(Br)cccc1-c1ccn2c(=O)c(CN(CCO)C(=O)O)cnc2c1. The molecule has 0 fully saturated rings. The highest BCUT2D eigenvalue weighted by Crippen LogP contribution is 2.28. The maximum atomic E-state index is 12.7. The standard InChI is InChI=1S/C19H18BrN3O4/c1-12-15(3-2-4-16(12)20)13-5-6-23-17(9-13)21-10-14(18(23)25)11-22(7-8-24)19(26)27/h2-6,9-10,24H,7-8,11H2,1H3,(H,26,27). The Hall–Kier alpha value is -2.71. The number of nitrogens with zero attached hydrogens (tertiary/aromatic N) is 3. The zero-order valence-electron chi connectivity index (χ0n) is 14.6. The number of carboxylic acid groups (broad SMARTS) is 1. The number of halogens is 1. The highest BCUT2D eigenvalue weighted by molar-refractivity contribution is 9.10. The molecule has 0 aliphatic rings. The minimum Gasteiger partial charge on any atom is -0.465 e. The van der Waals surface area contributed by atoms with Crippen LogP contribution in [0.25, 0.3) is 16.8 Å². The summed E-state index contributed by atoms with van der Waals surface area (Å²) in [6, 6.07) is 9.56. The highest BCUT2D eigenvalue weighted by atomic mass is 79.9. The minimum absolute atomic E-state index is 0.0709.